The van der Waals surface area contributed by atoms with Gasteiger partial charge in [-0.15, -0.1) is 0 Å². The van der Waals surface area contributed by atoms with Gasteiger partial charge in [0.2, 0.25) is 0 Å². The summed E-state index contributed by atoms with van der Waals surface area (Å²) in [5, 5.41) is 28.1. The summed E-state index contributed by atoms with van der Waals surface area (Å²) < 4.78 is 5.54. The number of aliphatic hydroxyl groups is 3. The van der Waals surface area contributed by atoms with E-state index in [2.05, 4.69) is 6.92 Å². The maximum absolute atomic E-state index is 10.0. The summed E-state index contributed by atoms with van der Waals surface area (Å²) in [6.07, 6.45) is 13.4. The van der Waals surface area contributed by atoms with Crippen LogP contribution in [-0.2, 0) is 4.74 Å². The molecule has 5 nitrogen and oxygen atoms in total. The molecule has 0 aliphatic heterocycles. The molecule has 5 heteroatoms. The smallest absolute Gasteiger partial charge is 0.0791 e. The Bertz CT molecular complexity index is 270. The number of unbranched alkanes of at least 4 members (excludes halogenated alkanes) is 9. The number of ether oxygens (including phenoxy) is 1. The van der Waals surface area contributed by atoms with Crippen LogP contribution in [0, 0.1) is 0 Å². The fourth-order valence-corrected chi connectivity index (χ4v) is 3.21. The molecule has 0 aliphatic rings. The lowest BCUT2D eigenvalue weighted by Gasteiger charge is -2.30. The Labute approximate surface area is 155 Å². The van der Waals surface area contributed by atoms with Gasteiger partial charge in [0.15, 0.2) is 0 Å². The van der Waals surface area contributed by atoms with Gasteiger partial charge in [0, 0.05) is 25.4 Å². The summed E-state index contributed by atoms with van der Waals surface area (Å²) in [6, 6.07) is 0. The van der Waals surface area contributed by atoms with E-state index in [9.17, 15) is 5.11 Å². The van der Waals surface area contributed by atoms with Crippen molar-refractivity contribution in [1.82, 2.24) is 0 Å². The summed E-state index contributed by atoms with van der Waals surface area (Å²) in [4.78, 5) is 0. The molecule has 0 aromatic heterocycles. The molecule has 0 rings (SSSR count). The maximum atomic E-state index is 10.0. The standard InChI is InChI=1S/C20H43NO4/c1-2-3-4-5-6-7-8-9-10-11-16-25-18-19(24)17-20(21,12-14-22)13-15-23/h19,22-24H,2-18,21H2,1H3. The molecule has 0 spiro atoms. The van der Waals surface area contributed by atoms with Gasteiger partial charge in [0.25, 0.3) is 0 Å². The quantitative estimate of drug-likeness (QED) is 0.265. The molecular formula is C20H43NO4. The predicted octanol–water partition coefficient (Wildman–Crippen LogP) is 3.14. The molecule has 0 bridgehead atoms. The minimum Gasteiger partial charge on any atom is -0.396 e. The zero-order valence-electron chi connectivity index (χ0n) is 16.4. The third-order valence-corrected chi connectivity index (χ3v) is 4.81. The second-order valence-corrected chi connectivity index (χ2v) is 7.42. The first kappa shape index (κ1) is 24.8. The van der Waals surface area contributed by atoms with Crippen molar-refractivity contribution >= 4 is 0 Å². The van der Waals surface area contributed by atoms with Crippen LogP contribution in [0.25, 0.3) is 0 Å². The SMILES string of the molecule is CCCCCCCCCCCCOCC(O)CC(N)(CCO)CCO. The fraction of sp³-hybridized carbons (Fsp3) is 1.00. The number of aliphatic hydroxyl groups excluding tert-OH is 3. The number of rotatable bonds is 19. The van der Waals surface area contributed by atoms with Gasteiger partial charge in [-0.05, 0) is 25.7 Å². The minimum absolute atomic E-state index is 0.0390. The van der Waals surface area contributed by atoms with Crippen molar-refractivity contribution in [2.45, 2.75) is 102 Å². The minimum atomic E-state index is -0.719. The van der Waals surface area contributed by atoms with E-state index in [0.29, 0.717) is 25.9 Å². The Kier molecular flexibility index (Phi) is 17.1. The van der Waals surface area contributed by atoms with Crippen molar-refractivity contribution in [3.05, 3.63) is 0 Å². The summed E-state index contributed by atoms with van der Waals surface area (Å²) in [7, 11) is 0. The van der Waals surface area contributed by atoms with Crippen LogP contribution < -0.4 is 5.73 Å². The molecule has 5 N–H and O–H groups in total. The lowest BCUT2D eigenvalue weighted by molar-refractivity contribution is 0.0136. The molecule has 152 valence electrons. The molecule has 0 radical (unpaired) electrons. The van der Waals surface area contributed by atoms with Crippen LogP contribution in [-0.4, -0.2) is 53.4 Å². The molecule has 0 fully saturated rings. The topological polar surface area (TPSA) is 95.9 Å². The first-order valence-electron chi connectivity index (χ1n) is 10.3. The molecule has 1 unspecified atom stereocenters. The molecular weight excluding hydrogens is 318 g/mol. The molecule has 25 heavy (non-hydrogen) atoms. The molecule has 0 aromatic carbocycles. The highest BCUT2D eigenvalue weighted by atomic mass is 16.5. The second kappa shape index (κ2) is 17.2. The highest BCUT2D eigenvalue weighted by Crippen LogP contribution is 2.19. The van der Waals surface area contributed by atoms with Crippen molar-refractivity contribution in [3.8, 4) is 0 Å². The lowest BCUT2D eigenvalue weighted by atomic mass is 9.87. The number of hydrogen-bond donors (Lipinski definition) is 4. The average molecular weight is 362 g/mol. The van der Waals surface area contributed by atoms with E-state index in [0.717, 1.165) is 6.42 Å². The lowest BCUT2D eigenvalue weighted by Crippen LogP contribution is -2.45. The van der Waals surface area contributed by atoms with Crippen molar-refractivity contribution in [1.29, 1.82) is 0 Å². The molecule has 0 heterocycles. The molecule has 0 saturated carbocycles. The fourth-order valence-electron chi connectivity index (χ4n) is 3.21. The van der Waals surface area contributed by atoms with Crippen molar-refractivity contribution in [2.75, 3.05) is 26.4 Å². The monoisotopic (exact) mass is 361 g/mol. The van der Waals surface area contributed by atoms with E-state index >= 15 is 0 Å². The van der Waals surface area contributed by atoms with Gasteiger partial charge in [0.1, 0.15) is 0 Å². The molecule has 0 saturated heterocycles. The van der Waals surface area contributed by atoms with E-state index in [-0.39, 0.29) is 19.8 Å². The predicted molar refractivity (Wildman–Crippen MR) is 104 cm³/mol. The molecule has 0 aromatic rings. The molecule has 0 amide bonds. The average Bonchev–Trinajstić information content (AvgIpc) is 2.56. The van der Waals surface area contributed by atoms with Gasteiger partial charge in [-0.25, -0.2) is 0 Å². The van der Waals surface area contributed by atoms with Crippen LogP contribution in [0.5, 0.6) is 0 Å². The van der Waals surface area contributed by atoms with Gasteiger partial charge in [-0.1, -0.05) is 64.7 Å². The zero-order valence-corrected chi connectivity index (χ0v) is 16.4. The van der Waals surface area contributed by atoms with E-state index in [1.807, 2.05) is 0 Å². The summed E-state index contributed by atoms with van der Waals surface area (Å²) in [5.74, 6) is 0. The Morgan fingerprint density at radius 3 is 1.80 bits per heavy atom. The van der Waals surface area contributed by atoms with E-state index in [1.54, 1.807) is 0 Å². The molecule has 0 aliphatic carbocycles. The van der Waals surface area contributed by atoms with Crippen LogP contribution in [0.4, 0.5) is 0 Å². The van der Waals surface area contributed by atoms with Gasteiger partial charge in [0.05, 0.1) is 12.7 Å². The Balaban J connectivity index is 3.49. The van der Waals surface area contributed by atoms with E-state index in [1.165, 1.54) is 57.8 Å². The van der Waals surface area contributed by atoms with Crippen molar-refractivity contribution < 1.29 is 20.1 Å². The first-order valence-corrected chi connectivity index (χ1v) is 10.3. The highest BCUT2D eigenvalue weighted by molar-refractivity contribution is 4.86. The summed E-state index contributed by atoms with van der Waals surface area (Å²) >= 11 is 0. The number of hydrogen-bond acceptors (Lipinski definition) is 5. The van der Waals surface area contributed by atoms with Crippen LogP contribution in [0.2, 0.25) is 0 Å². The Morgan fingerprint density at radius 2 is 1.32 bits per heavy atom. The zero-order chi connectivity index (χ0) is 18.8. The first-order chi connectivity index (χ1) is 12.1. The largest absolute Gasteiger partial charge is 0.396 e. The summed E-state index contributed by atoms with van der Waals surface area (Å²) in [5.41, 5.74) is 5.40. The Hall–Kier alpha value is -0.200. The van der Waals surface area contributed by atoms with Crippen molar-refractivity contribution in [3.63, 3.8) is 0 Å². The normalized spacial score (nSPS) is 13.3. The third-order valence-electron chi connectivity index (χ3n) is 4.81. The second-order valence-electron chi connectivity index (χ2n) is 7.42. The van der Waals surface area contributed by atoms with Crippen molar-refractivity contribution in [2.24, 2.45) is 5.73 Å². The number of nitrogens with two attached hydrogens (primary N) is 1. The van der Waals surface area contributed by atoms with Crippen LogP contribution in [0.15, 0.2) is 0 Å². The van der Waals surface area contributed by atoms with E-state index < -0.39 is 11.6 Å². The van der Waals surface area contributed by atoms with Gasteiger partial charge >= 0.3 is 0 Å². The third kappa shape index (κ3) is 15.7. The van der Waals surface area contributed by atoms with E-state index in [4.69, 9.17) is 20.7 Å². The molecule has 1 atom stereocenters. The highest BCUT2D eigenvalue weighted by Gasteiger charge is 2.27. The van der Waals surface area contributed by atoms with Crippen LogP contribution in [0.3, 0.4) is 0 Å². The maximum Gasteiger partial charge on any atom is 0.0791 e. The van der Waals surface area contributed by atoms with Crippen LogP contribution >= 0.6 is 0 Å². The Morgan fingerprint density at radius 1 is 0.840 bits per heavy atom. The van der Waals surface area contributed by atoms with Crippen LogP contribution in [0.1, 0.15) is 90.4 Å². The van der Waals surface area contributed by atoms with Gasteiger partial charge < -0.3 is 25.8 Å². The summed E-state index contributed by atoms with van der Waals surface area (Å²) in [6.45, 7) is 3.11. The van der Waals surface area contributed by atoms with Gasteiger partial charge in [-0.3, -0.25) is 0 Å². The van der Waals surface area contributed by atoms with Gasteiger partial charge in [-0.2, -0.15) is 0 Å².